The predicted molar refractivity (Wildman–Crippen MR) is 91.5 cm³/mol. The van der Waals surface area contributed by atoms with Crippen LogP contribution in [0.2, 0.25) is 5.02 Å². The first-order valence-electron chi connectivity index (χ1n) is 7.72. The van der Waals surface area contributed by atoms with Crippen LogP contribution in [0.25, 0.3) is 5.65 Å². The van der Waals surface area contributed by atoms with Crippen molar-refractivity contribution in [2.24, 2.45) is 0 Å². The van der Waals surface area contributed by atoms with E-state index in [1.807, 2.05) is 11.9 Å². The summed E-state index contributed by atoms with van der Waals surface area (Å²) in [5.41, 5.74) is 1.05. The molecule has 0 aliphatic heterocycles. The zero-order valence-corrected chi connectivity index (χ0v) is 14.7. The second kappa shape index (κ2) is 7.73. The van der Waals surface area contributed by atoms with Gasteiger partial charge in [0.25, 0.3) is 5.56 Å². The van der Waals surface area contributed by atoms with Crippen LogP contribution in [0.5, 0.6) is 0 Å². The number of hydrogen-bond acceptors (Lipinski definition) is 7. The van der Waals surface area contributed by atoms with E-state index < -0.39 is 0 Å². The van der Waals surface area contributed by atoms with Gasteiger partial charge in [-0.25, -0.2) is 4.98 Å². The summed E-state index contributed by atoms with van der Waals surface area (Å²) in [6.07, 6.45) is 2.16. The maximum atomic E-state index is 12.2. The van der Waals surface area contributed by atoms with Crippen molar-refractivity contribution in [2.45, 2.75) is 19.5 Å². The zero-order chi connectivity index (χ0) is 17.8. The van der Waals surface area contributed by atoms with Crippen molar-refractivity contribution in [3.05, 3.63) is 57.2 Å². The van der Waals surface area contributed by atoms with Crippen LogP contribution in [-0.4, -0.2) is 45.2 Å². The first-order valence-corrected chi connectivity index (χ1v) is 8.10. The third-order valence-corrected chi connectivity index (χ3v) is 3.78. The molecule has 0 fully saturated rings. The SMILES string of the molecule is COCCc1noc(CN(C)Cc2cc(=O)n3cc(Cl)ccc3n2)n1. The zero-order valence-electron chi connectivity index (χ0n) is 14.0. The Bertz CT molecular complexity index is 924. The van der Waals surface area contributed by atoms with Gasteiger partial charge < -0.3 is 9.26 Å². The van der Waals surface area contributed by atoms with E-state index in [9.17, 15) is 4.79 Å². The first kappa shape index (κ1) is 17.5. The van der Waals surface area contributed by atoms with Crippen molar-refractivity contribution in [1.82, 2.24) is 24.4 Å². The van der Waals surface area contributed by atoms with E-state index in [1.165, 1.54) is 10.5 Å². The van der Waals surface area contributed by atoms with Gasteiger partial charge >= 0.3 is 0 Å². The number of aromatic nitrogens is 4. The van der Waals surface area contributed by atoms with E-state index in [1.54, 1.807) is 25.4 Å². The van der Waals surface area contributed by atoms with Crippen molar-refractivity contribution < 1.29 is 9.26 Å². The smallest absolute Gasteiger partial charge is 0.258 e. The highest BCUT2D eigenvalue weighted by atomic mass is 35.5. The maximum absolute atomic E-state index is 12.2. The van der Waals surface area contributed by atoms with E-state index in [0.717, 1.165) is 0 Å². The van der Waals surface area contributed by atoms with Gasteiger partial charge in [0.05, 0.1) is 23.9 Å². The second-order valence-corrected chi connectivity index (χ2v) is 6.12. The summed E-state index contributed by atoms with van der Waals surface area (Å²) < 4.78 is 11.6. The largest absolute Gasteiger partial charge is 0.384 e. The number of rotatable bonds is 7. The number of pyridine rings is 1. The van der Waals surface area contributed by atoms with Crippen molar-refractivity contribution in [3.8, 4) is 0 Å². The highest BCUT2D eigenvalue weighted by Gasteiger charge is 2.11. The molecular weight excluding hydrogens is 346 g/mol. The Hall–Kier alpha value is -2.29. The third-order valence-electron chi connectivity index (χ3n) is 3.55. The van der Waals surface area contributed by atoms with E-state index in [4.69, 9.17) is 20.9 Å². The summed E-state index contributed by atoms with van der Waals surface area (Å²) in [7, 11) is 3.52. The summed E-state index contributed by atoms with van der Waals surface area (Å²) in [5, 5.41) is 4.39. The molecule has 0 atom stereocenters. The molecule has 0 aromatic carbocycles. The molecule has 0 spiro atoms. The minimum Gasteiger partial charge on any atom is -0.384 e. The maximum Gasteiger partial charge on any atom is 0.258 e. The molecule has 0 saturated heterocycles. The fraction of sp³-hybridized carbons (Fsp3) is 0.375. The monoisotopic (exact) mass is 363 g/mol. The molecule has 0 amide bonds. The predicted octanol–water partition coefficient (Wildman–Crippen LogP) is 1.55. The minimum atomic E-state index is -0.171. The van der Waals surface area contributed by atoms with Gasteiger partial charge in [-0.15, -0.1) is 0 Å². The molecule has 0 radical (unpaired) electrons. The van der Waals surface area contributed by atoms with Gasteiger partial charge in [0.15, 0.2) is 5.82 Å². The van der Waals surface area contributed by atoms with E-state index in [-0.39, 0.29) is 5.56 Å². The molecule has 9 heteroatoms. The molecule has 25 heavy (non-hydrogen) atoms. The number of methoxy groups -OCH3 is 1. The number of hydrogen-bond donors (Lipinski definition) is 0. The lowest BCUT2D eigenvalue weighted by atomic mass is 10.3. The quantitative estimate of drug-likeness (QED) is 0.629. The van der Waals surface area contributed by atoms with Gasteiger partial charge in [-0.3, -0.25) is 14.1 Å². The van der Waals surface area contributed by atoms with E-state index >= 15 is 0 Å². The molecule has 0 aliphatic rings. The molecular formula is C16H18ClN5O3. The fourth-order valence-corrected chi connectivity index (χ4v) is 2.58. The highest BCUT2D eigenvalue weighted by Crippen LogP contribution is 2.10. The van der Waals surface area contributed by atoms with E-state index in [2.05, 4.69) is 15.1 Å². The topological polar surface area (TPSA) is 85.8 Å². The lowest BCUT2D eigenvalue weighted by Gasteiger charge is -2.13. The molecule has 3 rings (SSSR count). The molecule has 0 N–H and O–H groups in total. The number of halogens is 1. The Morgan fingerprint density at radius 1 is 1.32 bits per heavy atom. The minimum absolute atomic E-state index is 0.171. The van der Waals surface area contributed by atoms with Crippen LogP contribution in [0.15, 0.2) is 33.7 Å². The van der Waals surface area contributed by atoms with Crippen LogP contribution in [-0.2, 0) is 24.2 Å². The molecule has 3 aromatic heterocycles. The summed E-state index contributed by atoms with van der Waals surface area (Å²) in [4.78, 5) is 22.9. The molecule has 132 valence electrons. The van der Waals surface area contributed by atoms with Crippen LogP contribution in [0.3, 0.4) is 0 Å². The summed E-state index contributed by atoms with van der Waals surface area (Å²) >= 11 is 5.91. The molecule has 0 saturated carbocycles. The van der Waals surface area contributed by atoms with Gasteiger partial charge in [-0.1, -0.05) is 16.8 Å². The Balaban J connectivity index is 1.69. The highest BCUT2D eigenvalue weighted by molar-refractivity contribution is 6.30. The summed E-state index contributed by atoms with van der Waals surface area (Å²) in [6.45, 7) is 1.48. The molecule has 3 aromatic rings. The molecule has 0 aliphatic carbocycles. The van der Waals surface area contributed by atoms with E-state index in [0.29, 0.717) is 54.2 Å². The van der Waals surface area contributed by atoms with Gasteiger partial charge in [0.1, 0.15) is 5.65 Å². The number of ether oxygens (including phenoxy) is 1. The van der Waals surface area contributed by atoms with Crippen molar-refractivity contribution in [1.29, 1.82) is 0 Å². The number of fused-ring (bicyclic) bond motifs is 1. The average Bonchev–Trinajstić information content (AvgIpc) is 3.01. The van der Waals surface area contributed by atoms with Crippen molar-refractivity contribution in [3.63, 3.8) is 0 Å². The average molecular weight is 364 g/mol. The molecule has 8 nitrogen and oxygen atoms in total. The Morgan fingerprint density at radius 2 is 2.16 bits per heavy atom. The van der Waals surface area contributed by atoms with Gasteiger partial charge in [0, 0.05) is 32.3 Å². The van der Waals surface area contributed by atoms with Crippen molar-refractivity contribution >= 4 is 17.2 Å². The Labute approximate surface area is 149 Å². The first-order chi connectivity index (χ1) is 12.0. The standard InChI is InChI=1S/C16H18ClN5O3/c1-21(10-15-19-13(20-25-15)5-6-24-2)9-12-7-16(23)22-8-11(17)3-4-14(22)18-12/h3-4,7-8H,5-6,9-10H2,1-2H3. The van der Waals surface area contributed by atoms with Gasteiger partial charge in [-0.2, -0.15) is 4.98 Å². The van der Waals surface area contributed by atoms with Crippen LogP contribution in [0, 0.1) is 0 Å². The van der Waals surface area contributed by atoms with Gasteiger partial charge in [-0.05, 0) is 19.2 Å². The number of nitrogens with zero attached hydrogens (tertiary/aromatic N) is 5. The normalized spacial score (nSPS) is 11.5. The lowest BCUT2D eigenvalue weighted by Crippen LogP contribution is -2.22. The second-order valence-electron chi connectivity index (χ2n) is 5.68. The van der Waals surface area contributed by atoms with Gasteiger partial charge in [0.2, 0.25) is 5.89 Å². The Kier molecular flexibility index (Phi) is 5.42. The fourth-order valence-electron chi connectivity index (χ4n) is 2.42. The molecule has 0 bridgehead atoms. The third kappa shape index (κ3) is 4.41. The van der Waals surface area contributed by atoms with Crippen LogP contribution in [0.4, 0.5) is 0 Å². The van der Waals surface area contributed by atoms with Crippen molar-refractivity contribution in [2.75, 3.05) is 20.8 Å². The summed E-state index contributed by atoms with van der Waals surface area (Å²) in [6, 6.07) is 4.92. The summed E-state index contributed by atoms with van der Waals surface area (Å²) in [5.74, 6) is 1.13. The van der Waals surface area contributed by atoms with Crippen LogP contribution in [0.1, 0.15) is 17.4 Å². The van der Waals surface area contributed by atoms with Crippen LogP contribution >= 0.6 is 11.6 Å². The Morgan fingerprint density at radius 3 is 2.96 bits per heavy atom. The molecule has 0 unspecified atom stereocenters. The molecule has 3 heterocycles. The lowest BCUT2D eigenvalue weighted by molar-refractivity contribution is 0.199. The van der Waals surface area contributed by atoms with Crippen LogP contribution < -0.4 is 5.56 Å².